The number of carbonyl (C=O) groups is 2. The van der Waals surface area contributed by atoms with E-state index in [1.807, 2.05) is 44.2 Å². The van der Waals surface area contributed by atoms with Crippen molar-refractivity contribution in [2.45, 2.75) is 38.0 Å². The molecular formula is C26H31N3O4S. The van der Waals surface area contributed by atoms with E-state index in [2.05, 4.69) is 4.72 Å². The van der Waals surface area contributed by atoms with Crippen molar-refractivity contribution in [1.29, 1.82) is 0 Å². The highest BCUT2D eigenvalue weighted by Gasteiger charge is 2.32. The molecule has 0 saturated heterocycles. The summed E-state index contributed by atoms with van der Waals surface area (Å²) in [6.45, 7) is 4.54. The van der Waals surface area contributed by atoms with E-state index in [1.54, 1.807) is 29.2 Å². The summed E-state index contributed by atoms with van der Waals surface area (Å²) in [4.78, 5) is 27.7. The summed E-state index contributed by atoms with van der Waals surface area (Å²) >= 11 is 0. The molecule has 8 heteroatoms. The number of nitrogens with two attached hydrogens (primary N) is 1. The molecule has 0 bridgehead atoms. The Bertz CT molecular complexity index is 1250. The molecule has 34 heavy (non-hydrogen) atoms. The van der Waals surface area contributed by atoms with E-state index in [1.165, 1.54) is 12.1 Å². The van der Waals surface area contributed by atoms with Gasteiger partial charge in [0.1, 0.15) is 5.92 Å². The number of aryl methyl sites for hydroxylation is 1. The smallest absolute Gasteiger partial charge is 0.264 e. The van der Waals surface area contributed by atoms with E-state index in [0.29, 0.717) is 31.6 Å². The van der Waals surface area contributed by atoms with Crippen LogP contribution in [0, 0.1) is 5.92 Å². The molecule has 0 saturated carbocycles. The van der Waals surface area contributed by atoms with E-state index in [-0.39, 0.29) is 17.2 Å². The second kappa shape index (κ2) is 11.2. The normalized spacial score (nSPS) is 12.3. The topological polar surface area (TPSA) is 110 Å². The van der Waals surface area contributed by atoms with Crippen molar-refractivity contribution in [2.75, 3.05) is 18.8 Å². The summed E-state index contributed by atoms with van der Waals surface area (Å²) < 4.78 is 28.1. The quantitative estimate of drug-likeness (QED) is 0.339. The van der Waals surface area contributed by atoms with E-state index >= 15 is 0 Å². The number of hydrogen-bond acceptors (Lipinski definition) is 5. The van der Waals surface area contributed by atoms with Gasteiger partial charge in [-0.2, -0.15) is 0 Å². The summed E-state index contributed by atoms with van der Waals surface area (Å²) in [6.07, 6.45) is 1.43. The Morgan fingerprint density at radius 1 is 0.941 bits per heavy atom. The molecule has 1 atom stereocenters. The van der Waals surface area contributed by atoms with Crippen LogP contribution in [0.4, 0.5) is 5.69 Å². The van der Waals surface area contributed by atoms with E-state index < -0.39 is 21.8 Å². The number of rotatable bonds is 10. The number of benzene rings is 3. The molecule has 2 amide bonds. The maximum absolute atomic E-state index is 13.1. The highest BCUT2D eigenvalue weighted by atomic mass is 32.2. The summed E-state index contributed by atoms with van der Waals surface area (Å²) in [7, 11) is -4.13. The lowest BCUT2D eigenvalue weighted by molar-refractivity contribution is -0.141. The van der Waals surface area contributed by atoms with Crippen molar-refractivity contribution in [3.63, 3.8) is 0 Å². The molecule has 3 N–H and O–H groups in total. The van der Waals surface area contributed by atoms with Crippen LogP contribution in [0.2, 0.25) is 0 Å². The van der Waals surface area contributed by atoms with Crippen LogP contribution in [-0.2, 0) is 26.0 Å². The number of hydrogen-bond donors (Lipinski definition) is 2. The third-order valence-electron chi connectivity index (χ3n) is 5.89. The Morgan fingerprint density at radius 3 is 2.24 bits per heavy atom. The zero-order chi connectivity index (χ0) is 24.7. The SMILES string of the molecule is CCN(CC)C(=O)C(CCCc1ccc(N)cc1)C(=O)NS(=O)(=O)c1ccc2ccccc2c1. The fraction of sp³-hybridized carbons (Fsp3) is 0.308. The van der Waals surface area contributed by atoms with Crippen LogP contribution in [0.15, 0.2) is 71.6 Å². The number of nitrogens with one attached hydrogen (secondary N) is 1. The summed E-state index contributed by atoms with van der Waals surface area (Å²) in [5.41, 5.74) is 7.42. The van der Waals surface area contributed by atoms with Crippen molar-refractivity contribution in [1.82, 2.24) is 9.62 Å². The number of sulfonamides is 1. The molecule has 0 aliphatic heterocycles. The van der Waals surface area contributed by atoms with Gasteiger partial charge in [-0.25, -0.2) is 13.1 Å². The first-order valence-corrected chi connectivity index (χ1v) is 12.9. The van der Waals surface area contributed by atoms with Gasteiger partial charge in [0.2, 0.25) is 11.8 Å². The highest BCUT2D eigenvalue weighted by Crippen LogP contribution is 2.20. The first kappa shape index (κ1) is 25.2. The van der Waals surface area contributed by atoms with E-state index in [4.69, 9.17) is 5.73 Å². The van der Waals surface area contributed by atoms with Crippen molar-refractivity contribution in [2.24, 2.45) is 5.92 Å². The second-order valence-corrected chi connectivity index (χ2v) is 9.86. The van der Waals surface area contributed by atoms with E-state index in [0.717, 1.165) is 16.3 Å². The van der Waals surface area contributed by atoms with Crippen molar-refractivity contribution in [3.8, 4) is 0 Å². The molecule has 1 unspecified atom stereocenters. The predicted octanol–water partition coefficient (Wildman–Crippen LogP) is 3.73. The molecule has 0 aliphatic carbocycles. The molecular weight excluding hydrogens is 450 g/mol. The van der Waals surface area contributed by atoms with Gasteiger partial charge in [-0.3, -0.25) is 9.59 Å². The molecule has 0 heterocycles. The van der Waals surface area contributed by atoms with Gasteiger partial charge in [0, 0.05) is 18.8 Å². The molecule has 3 rings (SSSR count). The van der Waals surface area contributed by atoms with Crippen LogP contribution in [-0.4, -0.2) is 38.2 Å². The van der Waals surface area contributed by atoms with E-state index in [9.17, 15) is 18.0 Å². The summed E-state index contributed by atoms with van der Waals surface area (Å²) in [5, 5.41) is 1.64. The van der Waals surface area contributed by atoms with Crippen molar-refractivity contribution >= 4 is 38.3 Å². The fourth-order valence-corrected chi connectivity index (χ4v) is 4.97. The van der Waals surface area contributed by atoms with Crippen LogP contribution >= 0.6 is 0 Å². The lowest BCUT2D eigenvalue weighted by Crippen LogP contribution is -2.45. The minimum Gasteiger partial charge on any atom is -0.399 e. The number of anilines is 1. The highest BCUT2D eigenvalue weighted by molar-refractivity contribution is 7.90. The van der Waals surface area contributed by atoms with Gasteiger partial charge in [-0.1, -0.05) is 42.5 Å². The monoisotopic (exact) mass is 481 g/mol. The van der Waals surface area contributed by atoms with Gasteiger partial charge >= 0.3 is 0 Å². The maximum atomic E-state index is 13.1. The Labute approximate surface area is 201 Å². The molecule has 7 nitrogen and oxygen atoms in total. The minimum atomic E-state index is -4.13. The van der Waals surface area contributed by atoms with Crippen molar-refractivity contribution in [3.05, 3.63) is 72.3 Å². The molecule has 0 radical (unpaired) electrons. The lowest BCUT2D eigenvalue weighted by atomic mass is 9.97. The minimum absolute atomic E-state index is 0.0181. The molecule has 0 aromatic heterocycles. The average molecular weight is 482 g/mol. The van der Waals surface area contributed by atoms with Crippen LogP contribution in [0.5, 0.6) is 0 Å². The summed E-state index contributed by atoms with van der Waals surface area (Å²) in [5.74, 6) is -2.26. The molecule has 0 aliphatic rings. The Balaban J connectivity index is 1.78. The number of carbonyl (C=O) groups excluding carboxylic acids is 2. The summed E-state index contributed by atoms with van der Waals surface area (Å²) in [6, 6.07) is 19.5. The Hall–Kier alpha value is -3.39. The Kier molecular flexibility index (Phi) is 8.28. The second-order valence-electron chi connectivity index (χ2n) is 8.18. The van der Waals surface area contributed by atoms with Crippen LogP contribution in [0.3, 0.4) is 0 Å². The first-order chi connectivity index (χ1) is 16.2. The van der Waals surface area contributed by atoms with Crippen LogP contribution in [0.1, 0.15) is 32.3 Å². The molecule has 180 valence electrons. The number of nitrogens with zero attached hydrogens (tertiary/aromatic N) is 1. The molecule has 3 aromatic carbocycles. The third kappa shape index (κ3) is 6.14. The Morgan fingerprint density at radius 2 is 1.59 bits per heavy atom. The number of amides is 2. The molecule has 0 spiro atoms. The average Bonchev–Trinajstić information content (AvgIpc) is 2.83. The number of fused-ring (bicyclic) bond motifs is 1. The van der Waals surface area contributed by atoms with Crippen LogP contribution in [0.25, 0.3) is 10.8 Å². The largest absolute Gasteiger partial charge is 0.399 e. The van der Waals surface area contributed by atoms with Gasteiger partial charge < -0.3 is 10.6 Å². The number of nitrogen functional groups attached to an aromatic ring is 1. The van der Waals surface area contributed by atoms with Crippen LogP contribution < -0.4 is 10.5 Å². The zero-order valence-corrected chi connectivity index (χ0v) is 20.3. The van der Waals surface area contributed by atoms with Gasteiger partial charge in [0.05, 0.1) is 4.90 Å². The van der Waals surface area contributed by atoms with Gasteiger partial charge in [0.15, 0.2) is 0 Å². The third-order valence-corrected chi connectivity index (χ3v) is 7.24. The van der Waals surface area contributed by atoms with Crippen molar-refractivity contribution < 1.29 is 18.0 Å². The maximum Gasteiger partial charge on any atom is 0.264 e. The first-order valence-electron chi connectivity index (χ1n) is 11.4. The van der Waals surface area contributed by atoms with Gasteiger partial charge in [-0.15, -0.1) is 0 Å². The molecule has 3 aromatic rings. The van der Waals surface area contributed by atoms with Gasteiger partial charge in [-0.05, 0) is 73.7 Å². The van der Waals surface area contributed by atoms with Gasteiger partial charge in [0.25, 0.3) is 10.0 Å². The fourth-order valence-electron chi connectivity index (χ4n) is 3.91. The zero-order valence-electron chi connectivity index (χ0n) is 19.5. The lowest BCUT2D eigenvalue weighted by Gasteiger charge is -2.24. The standard InChI is InChI=1S/C26H31N3O4S/c1-3-29(4-2)26(31)24(11-7-8-19-12-15-22(27)16-13-19)25(30)28-34(32,33)23-17-14-20-9-5-6-10-21(20)18-23/h5-6,9-10,12-18,24H,3-4,7-8,11,27H2,1-2H3,(H,28,30). The molecule has 0 fully saturated rings. The predicted molar refractivity (Wildman–Crippen MR) is 134 cm³/mol.